The van der Waals surface area contributed by atoms with Crippen LogP contribution in [-0.4, -0.2) is 31.4 Å². The first-order valence-electron chi connectivity index (χ1n) is 19.2. The fourth-order valence-corrected chi connectivity index (χ4v) is 8.67. The Kier molecular flexibility index (Phi) is 10.5. The second-order valence-corrected chi connectivity index (χ2v) is 18.8. The molecule has 4 nitrogen and oxygen atoms in total. The molecule has 0 bridgehead atoms. The normalized spacial score (nSPS) is 12.0. The van der Waals surface area contributed by atoms with E-state index < -0.39 is 0 Å². The zero-order valence-corrected chi connectivity index (χ0v) is 34.5. The molecule has 0 saturated heterocycles. The zero-order chi connectivity index (χ0) is 38.9. The van der Waals surface area contributed by atoms with Crippen LogP contribution in [0.4, 0.5) is 0 Å². The maximum atomic E-state index is 5.20. The molecule has 0 spiro atoms. The maximum absolute atomic E-state index is 5.20. The van der Waals surface area contributed by atoms with Gasteiger partial charge in [-0.1, -0.05) is 139 Å². The van der Waals surface area contributed by atoms with Crippen molar-refractivity contribution in [3.05, 3.63) is 146 Å². The molecule has 56 heavy (non-hydrogen) atoms. The Bertz CT molecular complexity index is 2550. The van der Waals surface area contributed by atoms with E-state index in [1.807, 2.05) is 42.0 Å². The predicted molar refractivity (Wildman–Crippen MR) is 240 cm³/mol. The molecular weight excluding hydrogens is 721 g/mol. The van der Waals surface area contributed by atoms with Gasteiger partial charge < -0.3 is 0 Å². The van der Waals surface area contributed by atoms with Crippen LogP contribution < -0.4 is 0 Å². The molecule has 0 aliphatic heterocycles. The van der Waals surface area contributed by atoms with Gasteiger partial charge in [0.15, 0.2) is 17.5 Å². The van der Waals surface area contributed by atoms with Crippen molar-refractivity contribution >= 4 is 45.1 Å². The lowest BCUT2D eigenvalue weighted by molar-refractivity contribution is 0.480. The van der Waals surface area contributed by atoms with Crippen LogP contribution in [0.2, 0.25) is 0 Å². The summed E-state index contributed by atoms with van der Waals surface area (Å²) in [4.78, 5) is 22.5. The first-order valence-corrected chi connectivity index (χ1v) is 21.1. The van der Waals surface area contributed by atoms with Crippen molar-refractivity contribution in [2.75, 3.05) is 11.5 Å². The van der Waals surface area contributed by atoms with Crippen molar-refractivity contribution in [3.63, 3.8) is 0 Å². The Labute approximate surface area is 339 Å². The minimum atomic E-state index is 0.243. The lowest BCUT2D eigenvalue weighted by atomic mass is 9.85. The lowest BCUT2D eigenvalue weighted by Crippen LogP contribution is -2.07. The van der Waals surface area contributed by atoms with Gasteiger partial charge in [-0.15, -0.1) is 23.5 Å². The number of aromatic nitrogens is 4. The minimum Gasteiger partial charge on any atom is -0.264 e. The van der Waals surface area contributed by atoms with Gasteiger partial charge in [-0.25, -0.2) is 15.0 Å². The number of hydrogen-bond donors (Lipinski definition) is 0. The number of hydrogen-bond acceptors (Lipinski definition) is 6. The molecule has 0 unspecified atom stereocenters. The van der Waals surface area contributed by atoms with Crippen LogP contribution in [0.1, 0.15) is 41.5 Å². The Morgan fingerprint density at radius 3 is 1.41 bits per heavy atom. The highest BCUT2D eigenvalue weighted by Gasteiger charge is 2.20. The van der Waals surface area contributed by atoms with E-state index in [1.165, 1.54) is 25.9 Å². The second-order valence-electron chi connectivity index (χ2n) is 16.7. The van der Waals surface area contributed by atoms with Gasteiger partial charge in [0.2, 0.25) is 0 Å². The SMILES string of the molecule is CC(C)(C)CSc1ccc(-c2nc(-c3ccc(SCC(C)(C)C)cc3)nc(-c3ccc4c(c3)c(-c3ccccc3)c(-c3cccnc3)c3ccccc34)n2)cc1. The van der Waals surface area contributed by atoms with Crippen molar-refractivity contribution in [1.82, 2.24) is 19.9 Å². The molecule has 0 aliphatic carbocycles. The van der Waals surface area contributed by atoms with Crippen molar-refractivity contribution in [2.24, 2.45) is 10.8 Å². The predicted octanol–water partition coefficient (Wildman–Crippen LogP) is 14.2. The molecule has 0 N–H and O–H groups in total. The molecule has 2 heterocycles. The van der Waals surface area contributed by atoms with Gasteiger partial charge >= 0.3 is 0 Å². The smallest absolute Gasteiger partial charge is 0.164 e. The van der Waals surface area contributed by atoms with Crippen LogP contribution in [0, 0.1) is 10.8 Å². The van der Waals surface area contributed by atoms with Crippen molar-refractivity contribution in [3.8, 4) is 56.4 Å². The Morgan fingerprint density at radius 1 is 0.411 bits per heavy atom. The fraction of sp³-hybridized carbons (Fsp3) is 0.200. The van der Waals surface area contributed by atoms with Gasteiger partial charge in [0.1, 0.15) is 0 Å². The molecular formula is C50H46N4S2. The average molecular weight is 767 g/mol. The average Bonchev–Trinajstić information content (AvgIpc) is 3.22. The van der Waals surface area contributed by atoms with Crippen LogP contribution >= 0.6 is 23.5 Å². The third kappa shape index (κ3) is 8.42. The minimum absolute atomic E-state index is 0.243. The summed E-state index contributed by atoms with van der Waals surface area (Å²) < 4.78 is 0. The van der Waals surface area contributed by atoms with E-state index in [4.69, 9.17) is 15.0 Å². The molecule has 0 aliphatic rings. The van der Waals surface area contributed by atoms with Crippen molar-refractivity contribution in [2.45, 2.75) is 51.3 Å². The highest BCUT2D eigenvalue weighted by Crippen LogP contribution is 2.45. The Morgan fingerprint density at radius 2 is 0.875 bits per heavy atom. The molecule has 6 heteroatoms. The number of nitrogens with zero attached hydrogens (tertiary/aromatic N) is 4. The van der Waals surface area contributed by atoms with Gasteiger partial charge in [-0.2, -0.15) is 0 Å². The Hall–Kier alpha value is -5.30. The van der Waals surface area contributed by atoms with E-state index in [-0.39, 0.29) is 10.8 Å². The van der Waals surface area contributed by atoms with E-state index in [0.29, 0.717) is 17.5 Å². The van der Waals surface area contributed by atoms with Gasteiger partial charge in [0.25, 0.3) is 0 Å². The standard InChI is InChI=1S/C50H46N4S2/c1-49(2,3)31-55-38-23-18-34(19-24-38)46-52-47(35-20-25-39(26-21-35)56-32-50(4,5)6)54-48(53-46)36-22-27-41-40-16-10-11-17-42(40)45(37-15-12-28-51-30-37)44(43(41)29-36)33-13-8-7-9-14-33/h7-30H,31-32H2,1-6H3. The molecule has 8 rings (SSSR count). The van der Waals surface area contributed by atoms with Crippen LogP contribution in [-0.2, 0) is 0 Å². The van der Waals surface area contributed by atoms with Crippen LogP contribution in [0.15, 0.2) is 156 Å². The summed E-state index contributed by atoms with van der Waals surface area (Å²) in [5, 5.41) is 4.70. The summed E-state index contributed by atoms with van der Waals surface area (Å²) >= 11 is 3.76. The summed E-state index contributed by atoms with van der Waals surface area (Å²) in [6, 6.07) is 47.5. The number of fused-ring (bicyclic) bond motifs is 3. The van der Waals surface area contributed by atoms with Crippen LogP contribution in [0.3, 0.4) is 0 Å². The van der Waals surface area contributed by atoms with E-state index in [0.717, 1.165) is 55.8 Å². The highest BCUT2D eigenvalue weighted by atomic mass is 32.2. The molecule has 8 aromatic rings. The summed E-state index contributed by atoms with van der Waals surface area (Å²) in [6.45, 7) is 13.6. The summed E-state index contributed by atoms with van der Waals surface area (Å²) in [7, 11) is 0. The quantitative estimate of drug-likeness (QED) is 0.108. The molecule has 2 aromatic heterocycles. The van der Waals surface area contributed by atoms with E-state index in [1.54, 1.807) is 0 Å². The molecule has 0 fully saturated rings. The number of benzene rings is 6. The van der Waals surface area contributed by atoms with E-state index in [2.05, 4.69) is 174 Å². The number of pyridine rings is 1. The van der Waals surface area contributed by atoms with Gasteiger partial charge in [-0.05, 0) is 85.5 Å². The van der Waals surface area contributed by atoms with E-state index >= 15 is 0 Å². The summed E-state index contributed by atoms with van der Waals surface area (Å²) in [6.07, 6.45) is 3.80. The molecule has 0 amide bonds. The highest BCUT2D eigenvalue weighted by molar-refractivity contribution is 7.99. The third-order valence-corrected chi connectivity index (χ3v) is 12.7. The van der Waals surface area contributed by atoms with E-state index in [9.17, 15) is 0 Å². The topological polar surface area (TPSA) is 51.6 Å². The van der Waals surface area contributed by atoms with Gasteiger partial charge in [0, 0.05) is 55.9 Å². The monoisotopic (exact) mass is 766 g/mol. The number of rotatable bonds is 9. The van der Waals surface area contributed by atoms with Crippen LogP contribution in [0.5, 0.6) is 0 Å². The zero-order valence-electron chi connectivity index (χ0n) is 32.9. The summed E-state index contributed by atoms with van der Waals surface area (Å²) in [5.41, 5.74) is 7.89. The third-order valence-electron chi connectivity index (χ3n) is 9.50. The second kappa shape index (κ2) is 15.7. The van der Waals surface area contributed by atoms with Gasteiger partial charge in [-0.3, -0.25) is 4.98 Å². The van der Waals surface area contributed by atoms with Gasteiger partial charge in [0.05, 0.1) is 0 Å². The molecule has 0 radical (unpaired) electrons. The fourth-order valence-electron chi connectivity index (χ4n) is 6.81. The first kappa shape index (κ1) is 37.6. The van der Waals surface area contributed by atoms with Crippen LogP contribution in [0.25, 0.3) is 78.0 Å². The molecule has 0 saturated carbocycles. The Balaban J connectivity index is 1.31. The maximum Gasteiger partial charge on any atom is 0.164 e. The van der Waals surface area contributed by atoms with Crippen molar-refractivity contribution < 1.29 is 0 Å². The molecule has 278 valence electrons. The largest absolute Gasteiger partial charge is 0.264 e. The molecule has 6 aromatic carbocycles. The number of thioether (sulfide) groups is 2. The summed E-state index contributed by atoms with van der Waals surface area (Å²) in [5.74, 6) is 4.03. The van der Waals surface area contributed by atoms with Crippen molar-refractivity contribution in [1.29, 1.82) is 0 Å². The molecule has 0 atom stereocenters. The lowest BCUT2D eigenvalue weighted by Gasteiger charge is -2.19. The first-order chi connectivity index (χ1) is 27.0.